The lowest BCUT2D eigenvalue weighted by Gasteiger charge is -1.82. The van der Waals surface area contributed by atoms with E-state index in [9.17, 15) is 0 Å². The van der Waals surface area contributed by atoms with Gasteiger partial charge in [-0.25, -0.2) is 0 Å². The van der Waals surface area contributed by atoms with Crippen LogP contribution in [0.25, 0.3) is 0 Å². The van der Waals surface area contributed by atoms with Crippen LogP contribution in [0.4, 0.5) is 0 Å². The van der Waals surface area contributed by atoms with Crippen molar-refractivity contribution in [2.75, 3.05) is 0 Å². The van der Waals surface area contributed by atoms with Crippen molar-refractivity contribution in [2.45, 2.75) is 6.92 Å². The molecular weight excluding hydrogens is 120 g/mol. The lowest BCUT2D eigenvalue weighted by Crippen LogP contribution is -1.60. The van der Waals surface area contributed by atoms with Crippen LogP contribution in [0.2, 0.25) is 0 Å². The van der Waals surface area contributed by atoms with E-state index in [4.69, 9.17) is 11.6 Å². The molecule has 0 aliphatic carbocycles. The maximum Gasteiger partial charge on any atom is 0.0334 e. The van der Waals surface area contributed by atoms with E-state index < -0.39 is 0 Å². The zero-order valence-corrected chi connectivity index (χ0v) is 5.70. The van der Waals surface area contributed by atoms with Crippen LogP contribution in [0.3, 0.4) is 0 Å². The summed E-state index contributed by atoms with van der Waals surface area (Å²) >= 11 is 5.40. The zero-order chi connectivity index (χ0) is 6.57. The highest BCUT2D eigenvalue weighted by atomic mass is 35.5. The predicted octanol–water partition coefficient (Wildman–Crippen LogP) is 2.87. The van der Waals surface area contributed by atoms with Gasteiger partial charge in [-0.2, -0.15) is 0 Å². The highest BCUT2D eigenvalue weighted by Gasteiger charge is 1.74. The minimum absolute atomic E-state index is 0.535. The summed E-state index contributed by atoms with van der Waals surface area (Å²) in [7, 11) is 0. The molecule has 0 spiro atoms. The average molecular weight is 129 g/mol. The third-order valence-electron chi connectivity index (χ3n) is 0.549. The van der Waals surface area contributed by atoms with Gasteiger partial charge >= 0.3 is 0 Å². The fourth-order valence-electron chi connectivity index (χ4n) is 0.233. The highest BCUT2D eigenvalue weighted by molar-refractivity contribution is 6.30. The fraction of sp³-hybridized carbons (Fsp3) is 0.143. The minimum Gasteiger partial charge on any atom is -0.0961 e. The van der Waals surface area contributed by atoms with Crippen molar-refractivity contribution in [3.63, 3.8) is 0 Å². The van der Waals surface area contributed by atoms with Crippen LogP contribution in [-0.4, -0.2) is 0 Å². The molecule has 0 unspecified atom stereocenters. The number of hydrogen-bond acceptors (Lipinski definition) is 0. The third kappa shape index (κ3) is 5.51. The lowest BCUT2D eigenvalue weighted by molar-refractivity contribution is 1.56. The molecule has 0 aliphatic rings. The van der Waals surface area contributed by atoms with Gasteiger partial charge in [0.1, 0.15) is 0 Å². The van der Waals surface area contributed by atoms with Gasteiger partial charge in [0.25, 0.3) is 0 Å². The number of rotatable bonds is 2. The van der Waals surface area contributed by atoms with Gasteiger partial charge in [0, 0.05) is 5.03 Å². The molecule has 0 atom stereocenters. The molecule has 0 aromatic carbocycles. The van der Waals surface area contributed by atoms with E-state index in [0.29, 0.717) is 5.03 Å². The minimum atomic E-state index is 0.535. The second kappa shape index (κ2) is 3.50. The Morgan fingerprint density at radius 1 is 1.38 bits per heavy atom. The predicted molar refractivity (Wildman–Crippen MR) is 38.9 cm³/mol. The molecule has 0 nitrogen and oxygen atoms in total. The van der Waals surface area contributed by atoms with Gasteiger partial charge < -0.3 is 0 Å². The molecule has 0 saturated heterocycles. The number of hydrogen-bond donors (Lipinski definition) is 0. The summed E-state index contributed by atoms with van der Waals surface area (Å²) in [5.74, 6) is 0. The summed E-state index contributed by atoms with van der Waals surface area (Å²) in [4.78, 5) is 0. The molecule has 0 aromatic rings. The second-order valence-electron chi connectivity index (χ2n) is 1.63. The topological polar surface area (TPSA) is 0 Å². The van der Waals surface area contributed by atoms with Crippen LogP contribution in [-0.2, 0) is 0 Å². The smallest absolute Gasteiger partial charge is 0.0334 e. The summed E-state index contributed by atoms with van der Waals surface area (Å²) in [6.07, 6.45) is 3.53. The van der Waals surface area contributed by atoms with E-state index in [2.05, 4.69) is 13.2 Å². The largest absolute Gasteiger partial charge is 0.0961 e. The first-order valence-electron chi connectivity index (χ1n) is 2.31. The molecule has 0 fully saturated rings. The second-order valence-corrected chi connectivity index (χ2v) is 2.11. The van der Waals surface area contributed by atoms with Crippen LogP contribution < -0.4 is 0 Å². The molecule has 44 valence electrons. The molecule has 0 aromatic heterocycles. The Morgan fingerprint density at radius 2 is 1.88 bits per heavy atom. The normalized spacial score (nSPS) is 9.75. The van der Waals surface area contributed by atoms with Crippen molar-refractivity contribution >= 4 is 11.6 Å². The van der Waals surface area contributed by atoms with Crippen molar-refractivity contribution in [1.82, 2.24) is 0 Å². The van der Waals surface area contributed by atoms with Gasteiger partial charge in [-0.3, -0.25) is 0 Å². The third-order valence-corrected chi connectivity index (χ3v) is 0.675. The maximum absolute atomic E-state index is 5.40. The summed E-state index contributed by atoms with van der Waals surface area (Å²) < 4.78 is 0. The van der Waals surface area contributed by atoms with Gasteiger partial charge in [0.05, 0.1) is 0 Å². The first kappa shape index (κ1) is 7.51. The van der Waals surface area contributed by atoms with E-state index >= 15 is 0 Å². The van der Waals surface area contributed by atoms with Crippen molar-refractivity contribution in [3.8, 4) is 0 Å². The van der Waals surface area contributed by atoms with Crippen LogP contribution in [0, 0.1) is 0 Å². The quantitative estimate of drug-likeness (QED) is 0.502. The van der Waals surface area contributed by atoms with E-state index in [1.807, 2.05) is 13.0 Å². The first-order valence-corrected chi connectivity index (χ1v) is 2.68. The number of halogens is 1. The van der Waals surface area contributed by atoms with Crippen molar-refractivity contribution in [3.05, 3.63) is 35.9 Å². The van der Waals surface area contributed by atoms with Crippen LogP contribution in [0.1, 0.15) is 6.92 Å². The molecule has 0 bridgehead atoms. The molecule has 1 heteroatoms. The van der Waals surface area contributed by atoms with E-state index in [-0.39, 0.29) is 0 Å². The van der Waals surface area contributed by atoms with Gasteiger partial charge in [-0.1, -0.05) is 36.4 Å². The molecule has 0 radical (unpaired) electrons. The molecule has 8 heavy (non-hydrogen) atoms. The first-order chi connectivity index (χ1) is 3.63. The molecule has 0 aliphatic heterocycles. The summed E-state index contributed by atoms with van der Waals surface area (Å²) in [5.41, 5.74) is 0.979. The molecule has 0 saturated carbocycles. The van der Waals surface area contributed by atoms with Gasteiger partial charge in [-0.05, 0) is 13.0 Å². The molecule has 0 amide bonds. The zero-order valence-electron chi connectivity index (χ0n) is 4.95. The Morgan fingerprint density at radius 3 is 2.00 bits per heavy atom. The van der Waals surface area contributed by atoms with Crippen molar-refractivity contribution in [2.24, 2.45) is 0 Å². The summed E-state index contributed by atoms with van der Waals surface area (Å²) in [5, 5.41) is 0.535. The Hall–Kier alpha value is -0.490. The van der Waals surface area contributed by atoms with Gasteiger partial charge in [-0.15, -0.1) is 0 Å². The fourth-order valence-corrected chi connectivity index (χ4v) is 0.296. The maximum atomic E-state index is 5.40. The summed E-state index contributed by atoms with van der Waals surface area (Å²) in [6.45, 7) is 9.00. The number of allylic oxidation sites excluding steroid dienone is 4. The summed E-state index contributed by atoms with van der Waals surface area (Å²) in [6, 6.07) is 0. The van der Waals surface area contributed by atoms with Crippen molar-refractivity contribution < 1.29 is 0 Å². The molecule has 0 heterocycles. The van der Waals surface area contributed by atoms with Crippen LogP contribution in [0.5, 0.6) is 0 Å². The van der Waals surface area contributed by atoms with Crippen LogP contribution >= 0.6 is 11.6 Å². The molecule has 0 N–H and O–H groups in total. The molecular formula is C7H9Cl. The Balaban J connectivity index is 3.67. The van der Waals surface area contributed by atoms with E-state index in [0.717, 1.165) is 5.57 Å². The van der Waals surface area contributed by atoms with Crippen LogP contribution in [0.15, 0.2) is 35.9 Å². The van der Waals surface area contributed by atoms with Gasteiger partial charge in [0.15, 0.2) is 0 Å². The average Bonchev–Trinajstić information content (AvgIpc) is 1.61. The Bertz CT molecular complexity index is 115. The SMILES string of the molecule is C=C(C)C=CC(=C)Cl. The van der Waals surface area contributed by atoms with E-state index in [1.165, 1.54) is 0 Å². The molecule has 0 rings (SSSR count). The van der Waals surface area contributed by atoms with Crippen molar-refractivity contribution in [1.29, 1.82) is 0 Å². The monoisotopic (exact) mass is 128 g/mol. The van der Waals surface area contributed by atoms with E-state index in [1.54, 1.807) is 6.08 Å². The highest BCUT2D eigenvalue weighted by Crippen LogP contribution is 2.00. The Kier molecular flexibility index (Phi) is 3.29. The Labute approximate surface area is 55.2 Å². The lowest BCUT2D eigenvalue weighted by atomic mass is 10.3. The van der Waals surface area contributed by atoms with Gasteiger partial charge in [0.2, 0.25) is 0 Å². The standard InChI is InChI=1S/C7H9Cl/c1-6(2)4-5-7(3)8/h4-5H,1,3H2,2H3.